The molecule has 0 atom stereocenters. The first-order valence-electron chi connectivity index (χ1n) is 5.20. The summed E-state index contributed by atoms with van der Waals surface area (Å²) < 4.78 is 4.65. The van der Waals surface area contributed by atoms with Crippen LogP contribution in [0.3, 0.4) is 0 Å². The Bertz CT molecular complexity index is 561. The van der Waals surface area contributed by atoms with E-state index in [9.17, 15) is 4.79 Å². The van der Waals surface area contributed by atoms with Gasteiger partial charge in [0.2, 0.25) is 0 Å². The molecule has 0 bridgehead atoms. The van der Waals surface area contributed by atoms with Crippen molar-refractivity contribution in [2.24, 2.45) is 0 Å². The number of aromatic amines is 1. The van der Waals surface area contributed by atoms with Gasteiger partial charge in [-0.3, -0.25) is 4.98 Å². The number of nitrogens with zero attached hydrogens (tertiary/aromatic N) is 2. The average molecular weight is 231 g/mol. The Morgan fingerprint density at radius 2 is 2.18 bits per heavy atom. The third-order valence-electron chi connectivity index (χ3n) is 2.50. The summed E-state index contributed by atoms with van der Waals surface area (Å²) in [5, 5.41) is 0. The molecule has 5 heteroatoms. The van der Waals surface area contributed by atoms with Crippen molar-refractivity contribution in [3.63, 3.8) is 0 Å². The number of aromatic nitrogens is 3. The summed E-state index contributed by atoms with van der Waals surface area (Å²) in [6.07, 6.45) is 1.69. The van der Waals surface area contributed by atoms with Gasteiger partial charge in [-0.05, 0) is 25.5 Å². The number of hydrogen-bond donors (Lipinski definition) is 1. The molecule has 0 saturated heterocycles. The Kier molecular flexibility index (Phi) is 2.91. The number of carbonyl (C=O) groups is 1. The molecule has 0 fully saturated rings. The van der Waals surface area contributed by atoms with E-state index in [1.54, 1.807) is 13.1 Å². The topological polar surface area (TPSA) is 67.9 Å². The lowest BCUT2D eigenvalue weighted by Crippen LogP contribution is -2.03. The highest BCUT2D eigenvalue weighted by molar-refractivity contribution is 5.89. The molecule has 0 saturated carbocycles. The number of methoxy groups -OCH3 is 1. The maximum absolute atomic E-state index is 11.4. The quantitative estimate of drug-likeness (QED) is 0.801. The van der Waals surface area contributed by atoms with Gasteiger partial charge in [0, 0.05) is 11.9 Å². The van der Waals surface area contributed by atoms with Crippen LogP contribution in [-0.2, 0) is 4.74 Å². The summed E-state index contributed by atoms with van der Waals surface area (Å²) in [7, 11) is 1.34. The third kappa shape index (κ3) is 2.04. The van der Waals surface area contributed by atoms with E-state index in [1.807, 2.05) is 19.1 Å². The summed E-state index contributed by atoms with van der Waals surface area (Å²) in [6, 6.07) is 3.80. The lowest BCUT2D eigenvalue weighted by molar-refractivity contribution is 0.0594. The van der Waals surface area contributed by atoms with Crippen LogP contribution in [0.1, 0.15) is 21.7 Å². The summed E-state index contributed by atoms with van der Waals surface area (Å²) in [5.74, 6) is 0.139. The smallest absolute Gasteiger partial charge is 0.358 e. The molecule has 0 radical (unpaired) electrons. The molecule has 0 amide bonds. The maximum Gasteiger partial charge on any atom is 0.358 e. The van der Waals surface area contributed by atoms with E-state index in [1.165, 1.54) is 7.11 Å². The molecular weight excluding hydrogens is 218 g/mol. The molecule has 0 unspecified atom stereocenters. The van der Waals surface area contributed by atoms with Crippen LogP contribution in [0.15, 0.2) is 18.3 Å². The van der Waals surface area contributed by atoms with Crippen molar-refractivity contribution in [3.8, 4) is 11.5 Å². The highest BCUT2D eigenvalue weighted by Gasteiger charge is 2.17. The van der Waals surface area contributed by atoms with Crippen molar-refractivity contribution in [2.45, 2.75) is 13.8 Å². The van der Waals surface area contributed by atoms with Crippen molar-refractivity contribution in [1.82, 2.24) is 15.0 Å². The second kappa shape index (κ2) is 4.37. The molecule has 5 nitrogen and oxygen atoms in total. The summed E-state index contributed by atoms with van der Waals surface area (Å²) >= 11 is 0. The van der Waals surface area contributed by atoms with E-state index in [2.05, 4.69) is 19.7 Å². The van der Waals surface area contributed by atoms with Crippen LogP contribution >= 0.6 is 0 Å². The number of nitrogens with one attached hydrogen (secondary N) is 1. The average Bonchev–Trinajstić information content (AvgIpc) is 2.71. The lowest BCUT2D eigenvalue weighted by Gasteiger charge is -1.99. The maximum atomic E-state index is 11.4. The highest BCUT2D eigenvalue weighted by Crippen LogP contribution is 2.19. The molecule has 2 heterocycles. The Labute approximate surface area is 98.9 Å². The second-order valence-electron chi connectivity index (χ2n) is 3.72. The molecule has 0 aromatic carbocycles. The SMILES string of the molecule is COC(=O)c1nc(-c2ncccc2C)[nH]c1C. The van der Waals surface area contributed by atoms with Crippen molar-refractivity contribution in [1.29, 1.82) is 0 Å². The van der Waals surface area contributed by atoms with Crippen LogP contribution in [0.2, 0.25) is 0 Å². The van der Waals surface area contributed by atoms with Gasteiger partial charge in [-0.15, -0.1) is 0 Å². The Morgan fingerprint density at radius 1 is 1.41 bits per heavy atom. The zero-order chi connectivity index (χ0) is 12.4. The number of aryl methyl sites for hydroxylation is 2. The van der Waals surface area contributed by atoms with Crippen LogP contribution in [0.25, 0.3) is 11.5 Å². The van der Waals surface area contributed by atoms with Crippen LogP contribution in [0.5, 0.6) is 0 Å². The van der Waals surface area contributed by atoms with Crippen LogP contribution < -0.4 is 0 Å². The van der Waals surface area contributed by atoms with Crippen LogP contribution in [0.4, 0.5) is 0 Å². The molecule has 0 aliphatic heterocycles. The minimum Gasteiger partial charge on any atom is -0.464 e. The van der Waals surface area contributed by atoms with E-state index in [-0.39, 0.29) is 0 Å². The fourth-order valence-corrected chi connectivity index (χ4v) is 1.60. The van der Waals surface area contributed by atoms with E-state index < -0.39 is 5.97 Å². The van der Waals surface area contributed by atoms with Gasteiger partial charge in [-0.25, -0.2) is 9.78 Å². The molecule has 1 N–H and O–H groups in total. The number of esters is 1. The highest BCUT2D eigenvalue weighted by atomic mass is 16.5. The summed E-state index contributed by atoms with van der Waals surface area (Å²) in [5.41, 5.74) is 2.72. The molecule has 0 aliphatic carbocycles. The third-order valence-corrected chi connectivity index (χ3v) is 2.50. The van der Waals surface area contributed by atoms with E-state index in [4.69, 9.17) is 0 Å². The number of hydrogen-bond acceptors (Lipinski definition) is 4. The van der Waals surface area contributed by atoms with Crippen molar-refractivity contribution >= 4 is 5.97 Å². The first-order chi connectivity index (χ1) is 8.13. The standard InChI is InChI=1S/C12H13N3O2/c1-7-5-4-6-13-9(7)11-14-8(2)10(15-11)12(16)17-3/h4-6H,1-3H3,(H,14,15). The van der Waals surface area contributed by atoms with E-state index in [0.717, 1.165) is 11.3 Å². The summed E-state index contributed by atoms with van der Waals surface area (Å²) in [4.78, 5) is 22.9. The number of H-pyrrole nitrogens is 1. The van der Waals surface area contributed by atoms with Gasteiger partial charge in [-0.2, -0.15) is 0 Å². The molecule has 0 aliphatic rings. The minimum absolute atomic E-state index is 0.299. The fourth-order valence-electron chi connectivity index (χ4n) is 1.60. The number of carbonyl (C=O) groups excluding carboxylic acids is 1. The second-order valence-corrected chi connectivity index (χ2v) is 3.72. The van der Waals surface area contributed by atoms with Crippen molar-refractivity contribution in [2.75, 3.05) is 7.11 Å². The molecule has 17 heavy (non-hydrogen) atoms. The fraction of sp³-hybridized carbons (Fsp3) is 0.250. The van der Waals surface area contributed by atoms with E-state index >= 15 is 0 Å². The largest absolute Gasteiger partial charge is 0.464 e. The Hall–Kier alpha value is -2.17. The molecule has 0 spiro atoms. The van der Waals surface area contributed by atoms with Gasteiger partial charge in [0.25, 0.3) is 0 Å². The van der Waals surface area contributed by atoms with Crippen molar-refractivity contribution < 1.29 is 9.53 Å². The molecule has 2 aromatic rings. The van der Waals surface area contributed by atoms with Gasteiger partial charge in [0.05, 0.1) is 7.11 Å². The van der Waals surface area contributed by atoms with Gasteiger partial charge < -0.3 is 9.72 Å². The first-order valence-corrected chi connectivity index (χ1v) is 5.20. The van der Waals surface area contributed by atoms with Crippen LogP contribution in [0, 0.1) is 13.8 Å². The predicted octanol–water partition coefficient (Wildman–Crippen LogP) is 1.88. The molecule has 2 aromatic heterocycles. The zero-order valence-electron chi connectivity index (χ0n) is 9.94. The monoisotopic (exact) mass is 231 g/mol. The van der Waals surface area contributed by atoms with Gasteiger partial charge in [0.15, 0.2) is 11.5 Å². The van der Waals surface area contributed by atoms with Gasteiger partial charge in [0.1, 0.15) is 5.69 Å². The normalized spacial score (nSPS) is 10.3. The Morgan fingerprint density at radius 3 is 2.82 bits per heavy atom. The number of rotatable bonds is 2. The first kappa shape index (κ1) is 11.3. The number of ether oxygens (including phenoxy) is 1. The van der Waals surface area contributed by atoms with Gasteiger partial charge in [-0.1, -0.05) is 6.07 Å². The Balaban J connectivity index is 2.49. The zero-order valence-corrected chi connectivity index (χ0v) is 9.94. The molecular formula is C12H13N3O2. The van der Waals surface area contributed by atoms with Gasteiger partial charge >= 0.3 is 5.97 Å². The number of pyridine rings is 1. The minimum atomic E-state index is -0.446. The number of imidazole rings is 1. The van der Waals surface area contributed by atoms with Crippen molar-refractivity contribution in [3.05, 3.63) is 35.3 Å². The predicted molar refractivity (Wildman–Crippen MR) is 62.6 cm³/mol. The molecule has 2 rings (SSSR count). The lowest BCUT2D eigenvalue weighted by atomic mass is 10.2. The van der Waals surface area contributed by atoms with Crippen LogP contribution in [-0.4, -0.2) is 28.0 Å². The molecule has 88 valence electrons. The summed E-state index contributed by atoms with van der Waals surface area (Å²) in [6.45, 7) is 3.72. The van der Waals surface area contributed by atoms with E-state index in [0.29, 0.717) is 17.2 Å².